The summed E-state index contributed by atoms with van der Waals surface area (Å²) in [6.45, 7) is 1.89. The summed E-state index contributed by atoms with van der Waals surface area (Å²) >= 11 is 0. The van der Waals surface area contributed by atoms with E-state index in [1.165, 1.54) is 12.5 Å². The largest absolute Gasteiger partial charge is 0.466 e. The molecule has 2 nitrogen and oxygen atoms in total. The summed E-state index contributed by atoms with van der Waals surface area (Å²) in [5.74, 6) is -0.217. The standard InChI is InChI=1S/C10H12O2.Na/c1-9(11)12-8-7-10-5-3-2-4-6-10;/h2-6H,7-8H2,1H3;. The fourth-order valence-electron chi connectivity index (χ4n) is 0.957. The van der Waals surface area contributed by atoms with Gasteiger partial charge in [-0.1, -0.05) is 30.3 Å². The van der Waals surface area contributed by atoms with E-state index in [2.05, 4.69) is 0 Å². The van der Waals surface area contributed by atoms with Crippen LogP contribution < -0.4 is 0 Å². The molecule has 0 bridgehead atoms. The van der Waals surface area contributed by atoms with Crippen LogP contribution in [0.5, 0.6) is 0 Å². The summed E-state index contributed by atoms with van der Waals surface area (Å²) in [4.78, 5) is 10.4. The van der Waals surface area contributed by atoms with E-state index in [0.29, 0.717) is 6.61 Å². The Morgan fingerprint density at radius 1 is 1.31 bits per heavy atom. The van der Waals surface area contributed by atoms with E-state index in [9.17, 15) is 4.79 Å². The van der Waals surface area contributed by atoms with Crippen LogP contribution in [0.25, 0.3) is 0 Å². The summed E-state index contributed by atoms with van der Waals surface area (Å²) in [6, 6.07) is 9.95. The summed E-state index contributed by atoms with van der Waals surface area (Å²) in [5, 5.41) is 0. The second-order valence-corrected chi connectivity index (χ2v) is 2.58. The van der Waals surface area contributed by atoms with E-state index in [4.69, 9.17) is 4.74 Å². The fourth-order valence-corrected chi connectivity index (χ4v) is 0.957. The number of rotatable bonds is 3. The van der Waals surface area contributed by atoms with Crippen LogP contribution in [-0.2, 0) is 16.0 Å². The Morgan fingerprint density at radius 2 is 1.92 bits per heavy atom. The normalized spacial score (nSPS) is 8.69. The molecule has 0 aromatic heterocycles. The topological polar surface area (TPSA) is 26.3 Å². The molecule has 3 heteroatoms. The molecule has 0 N–H and O–H groups in total. The van der Waals surface area contributed by atoms with Crippen molar-refractivity contribution in [3.8, 4) is 0 Å². The Bertz CT molecular complexity index is 246. The molecule has 1 aromatic carbocycles. The maximum absolute atomic E-state index is 10.4. The Kier molecular flexibility index (Phi) is 6.96. The predicted octanol–water partition coefficient (Wildman–Crippen LogP) is 1.41. The first-order chi connectivity index (χ1) is 5.79. The first-order valence-electron chi connectivity index (χ1n) is 3.96. The molecule has 0 amide bonds. The molecule has 0 unspecified atom stereocenters. The van der Waals surface area contributed by atoms with Gasteiger partial charge in [0.2, 0.25) is 0 Å². The second kappa shape index (κ2) is 7.13. The van der Waals surface area contributed by atoms with Crippen LogP contribution in [0.1, 0.15) is 12.5 Å². The van der Waals surface area contributed by atoms with Crippen LogP contribution in [0.4, 0.5) is 0 Å². The number of ether oxygens (including phenoxy) is 1. The van der Waals surface area contributed by atoms with Crippen molar-refractivity contribution in [2.24, 2.45) is 0 Å². The van der Waals surface area contributed by atoms with Crippen molar-refractivity contribution in [1.82, 2.24) is 0 Å². The average molecular weight is 187 g/mol. The zero-order valence-corrected chi connectivity index (χ0v) is 10.1. The molecule has 0 atom stereocenters. The van der Waals surface area contributed by atoms with Crippen LogP contribution >= 0.6 is 0 Å². The number of benzene rings is 1. The van der Waals surface area contributed by atoms with Crippen molar-refractivity contribution in [3.05, 3.63) is 35.9 Å². The van der Waals surface area contributed by atoms with Gasteiger partial charge < -0.3 is 4.74 Å². The first-order valence-corrected chi connectivity index (χ1v) is 3.96. The van der Waals surface area contributed by atoms with Gasteiger partial charge in [-0.05, 0) is 5.56 Å². The van der Waals surface area contributed by atoms with Gasteiger partial charge in [0.1, 0.15) is 0 Å². The molecule has 1 aromatic rings. The molecule has 1 rings (SSSR count). The zero-order valence-electron chi connectivity index (χ0n) is 8.12. The quantitative estimate of drug-likeness (QED) is 0.528. The molecular weight excluding hydrogens is 175 g/mol. The van der Waals surface area contributed by atoms with Crippen LogP contribution in [0.3, 0.4) is 0 Å². The molecule has 0 aliphatic heterocycles. The van der Waals surface area contributed by atoms with Gasteiger partial charge in [-0.15, -0.1) is 0 Å². The van der Waals surface area contributed by atoms with Gasteiger partial charge in [0.15, 0.2) is 0 Å². The molecule has 0 aliphatic rings. The van der Waals surface area contributed by atoms with E-state index < -0.39 is 0 Å². The summed E-state index contributed by atoms with van der Waals surface area (Å²) < 4.78 is 4.81. The van der Waals surface area contributed by atoms with Crippen LogP contribution in [-0.4, -0.2) is 42.1 Å². The molecule has 0 aliphatic carbocycles. The van der Waals surface area contributed by atoms with E-state index in [1.807, 2.05) is 30.3 Å². The maximum Gasteiger partial charge on any atom is 0.302 e. The van der Waals surface area contributed by atoms with E-state index in [1.54, 1.807) is 0 Å². The summed E-state index contributed by atoms with van der Waals surface area (Å²) in [6.07, 6.45) is 0.792. The van der Waals surface area contributed by atoms with Crippen molar-refractivity contribution in [3.63, 3.8) is 0 Å². The Hall–Kier alpha value is -0.310. The van der Waals surface area contributed by atoms with E-state index >= 15 is 0 Å². The molecule has 0 fully saturated rings. The van der Waals surface area contributed by atoms with Crippen molar-refractivity contribution in [2.45, 2.75) is 13.3 Å². The maximum atomic E-state index is 10.4. The van der Waals surface area contributed by atoms with Gasteiger partial charge in [-0.2, -0.15) is 0 Å². The van der Waals surface area contributed by atoms with Crippen LogP contribution in [0, 0.1) is 0 Å². The zero-order chi connectivity index (χ0) is 8.81. The van der Waals surface area contributed by atoms with Crippen molar-refractivity contribution in [1.29, 1.82) is 0 Å². The Balaban J connectivity index is 0.00000144. The molecule has 0 saturated heterocycles. The average Bonchev–Trinajstić information content (AvgIpc) is 2.05. The minimum absolute atomic E-state index is 0. The molecule has 65 valence electrons. The van der Waals surface area contributed by atoms with Gasteiger partial charge in [-0.3, -0.25) is 4.79 Å². The third-order valence-electron chi connectivity index (χ3n) is 1.54. The monoisotopic (exact) mass is 187 g/mol. The number of carbonyl (C=O) groups excluding carboxylic acids is 1. The smallest absolute Gasteiger partial charge is 0.302 e. The third-order valence-corrected chi connectivity index (χ3v) is 1.54. The predicted molar refractivity (Wildman–Crippen MR) is 52.5 cm³/mol. The minimum atomic E-state index is -0.217. The SMILES string of the molecule is CC(=O)OCCc1ccccc1.[Na]. The molecule has 0 saturated carbocycles. The van der Waals surface area contributed by atoms with E-state index in [0.717, 1.165) is 6.42 Å². The fraction of sp³-hybridized carbons (Fsp3) is 0.300. The molecular formula is C10H12NaO2. The summed E-state index contributed by atoms with van der Waals surface area (Å²) in [7, 11) is 0. The van der Waals surface area contributed by atoms with Crippen LogP contribution in [0.2, 0.25) is 0 Å². The van der Waals surface area contributed by atoms with Crippen LogP contribution in [0.15, 0.2) is 30.3 Å². The number of hydrogen-bond acceptors (Lipinski definition) is 2. The van der Waals surface area contributed by atoms with Crippen molar-refractivity contribution >= 4 is 35.5 Å². The van der Waals surface area contributed by atoms with Gasteiger partial charge in [-0.25, -0.2) is 0 Å². The third kappa shape index (κ3) is 5.86. The number of esters is 1. The number of hydrogen-bond donors (Lipinski definition) is 0. The molecule has 0 heterocycles. The second-order valence-electron chi connectivity index (χ2n) is 2.58. The minimum Gasteiger partial charge on any atom is -0.466 e. The van der Waals surface area contributed by atoms with Crippen molar-refractivity contribution < 1.29 is 9.53 Å². The van der Waals surface area contributed by atoms with E-state index in [-0.39, 0.29) is 35.5 Å². The molecule has 0 spiro atoms. The Morgan fingerprint density at radius 3 is 2.46 bits per heavy atom. The molecule has 1 radical (unpaired) electrons. The van der Waals surface area contributed by atoms with Gasteiger partial charge in [0.25, 0.3) is 0 Å². The van der Waals surface area contributed by atoms with Gasteiger partial charge in [0.05, 0.1) is 6.61 Å². The molecule has 13 heavy (non-hydrogen) atoms. The van der Waals surface area contributed by atoms with Gasteiger partial charge >= 0.3 is 5.97 Å². The summed E-state index contributed by atoms with van der Waals surface area (Å²) in [5.41, 5.74) is 1.19. The van der Waals surface area contributed by atoms with Gasteiger partial charge in [0, 0.05) is 42.9 Å². The number of carbonyl (C=O) groups is 1. The van der Waals surface area contributed by atoms with Crippen molar-refractivity contribution in [2.75, 3.05) is 6.61 Å². The first kappa shape index (κ1) is 12.7. The Labute approximate surface area is 101 Å².